The highest BCUT2D eigenvalue weighted by atomic mass is 16.5. The van der Waals surface area contributed by atoms with Gasteiger partial charge in [0.2, 0.25) is 0 Å². The zero-order chi connectivity index (χ0) is 21.6. The number of carbonyl (C=O) groups excluding carboxylic acids is 1. The minimum atomic E-state index is -1.13. The van der Waals surface area contributed by atoms with E-state index in [1.807, 2.05) is 54.6 Å². The molecule has 1 atom stereocenters. The number of anilines is 1. The predicted molar refractivity (Wildman–Crippen MR) is 119 cm³/mol. The van der Waals surface area contributed by atoms with Gasteiger partial charge in [-0.05, 0) is 36.5 Å². The third-order valence-corrected chi connectivity index (χ3v) is 5.93. The summed E-state index contributed by atoms with van der Waals surface area (Å²) in [6, 6.07) is 19.1. The Morgan fingerprint density at radius 1 is 1.10 bits per heavy atom. The van der Waals surface area contributed by atoms with Crippen molar-refractivity contribution in [3.8, 4) is 6.07 Å². The van der Waals surface area contributed by atoms with Crippen molar-refractivity contribution in [2.45, 2.75) is 38.7 Å². The van der Waals surface area contributed by atoms with Crippen LogP contribution < -0.4 is 4.90 Å². The number of nitrogens with zero attached hydrogens (tertiary/aromatic N) is 4. The SMILES string of the molecule is CCC1CCN(c2nc3ccccc3nc2C(C#N)C(=O)OCc2ccccc2)CC1. The average molecular weight is 415 g/mol. The molecule has 1 saturated heterocycles. The monoisotopic (exact) mass is 414 g/mol. The summed E-state index contributed by atoms with van der Waals surface area (Å²) in [4.78, 5) is 24.6. The van der Waals surface area contributed by atoms with Gasteiger partial charge in [-0.15, -0.1) is 0 Å². The first kappa shape index (κ1) is 20.8. The maximum atomic E-state index is 12.9. The minimum absolute atomic E-state index is 0.121. The number of rotatable bonds is 6. The Morgan fingerprint density at radius 3 is 2.39 bits per heavy atom. The van der Waals surface area contributed by atoms with E-state index in [1.165, 1.54) is 0 Å². The maximum Gasteiger partial charge on any atom is 0.330 e. The average Bonchev–Trinajstić information content (AvgIpc) is 2.83. The molecule has 0 radical (unpaired) electrons. The second kappa shape index (κ2) is 9.57. The number of fused-ring (bicyclic) bond motifs is 1. The van der Waals surface area contributed by atoms with Crippen LogP contribution in [0.5, 0.6) is 0 Å². The number of para-hydroxylation sites is 2. The molecule has 31 heavy (non-hydrogen) atoms. The highest BCUT2D eigenvalue weighted by Gasteiger charge is 2.31. The number of nitriles is 1. The van der Waals surface area contributed by atoms with Crippen molar-refractivity contribution in [1.29, 1.82) is 5.26 Å². The van der Waals surface area contributed by atoms with Gasteiger partial charge < -0.3 is 9.64 Å². The number of carbonyl (C=O) groups is 1. The van der Waals surface area contributed by atoms with Crippen molar-refractivity contribution in [1.82, 2.24) is 9.97 Å². The summed E-state index contributed by atoms with van der Waals surface area (Å²) >= 11 is 0. The first-order valence-corrected chi connectivity index (χ1v) is 10.8. The van der Waals surface area contributed by atoms with Gasteiger partial charge in [-0.2, -0.15) is 5.26 Å². The van der Waals surface area contributed by atoms with E-state index in [1.54, 1.807) is 0 Å². The third kappa shape index (κ3) is 4.66. The predicted octanol–water partition coefficient (Wildman–Crippen LogP) is 4.61. The van der Waals surface area contributed by atoms with Crippen molar-refractivity contribution < 1.29 is 9.53 Å². The second-order valence-electron chi connectivity index (χ2n) is 7.92. The van der Waals surface area contributed by atoms with Crippen LogP contribution in [0.3, 0.4) is 0 Å². The number of hydrogen-bond acceptors (Lipinski definition) is 6. The number of piperidine rings is 1. The molecule has 1 aromatic heterocycles. The number of benzene rings is 2. The standard InChI is InChI=1S/C25H26N4O2/c1-2-18-12-14-29(15-13-18)24-23(27-21-10-6-7-11-22(21)28-24)20(16-26)25(30)31-17-19-8-4-3-5-9-19/h3-11,18,20H,2,12-15,17H2,1H3. The number of hydrogen-bond donors (Lipinski definition) is 0. The van der Waals surface area contributed by atoms with Crippen LogP contribution in [0.2, 0.25) is 0 Å². The van der Waals surface area contributed by atoms with E-state index in [0.717, 1.165) is 43.4 Å². The lowest BCUT2D eigenvalue weighted by Gasteiger charge is -2.33. The van der Waals surface area contributed by atoms with Crippen LogP contribution in [0.15, 0.2) is 54.6 Å². The molecular weight excluding hydrogens is 388 g/mol. The quantitative estimate of drug-likeness (QED) is 0.548. The van der Waals surface area contributed by atoms with Gasteiger partial charge in [0.25, 0.3) is 0 Å². The highest BCUT2D eigenvalue weighted by molar-refractivity contribution is 5.85. The molecular formula is C25H26N4O2. The van der Waals surface area contributed by atoms with Crippen LogP contribution in [-0.4, -0.2) is 29.0 Å². The highest BCUT2D eigenvalue weighted by Crippen LogP contribution is 2.31. The summed E-state index contributed by atoms with van der Waals surface area (Å²) in [5, 5.41) is 9.88. The fourth-order valence-corrected chi connectivity index (χ4v) is 4.02. The number of aromatic nitrogens is 2. The zero-order valence-electron chi connectivity index (χ0n) is 17.7. The Kier molecular flexibility index (Phi) is 6.42. The minimum Gasteiger partial charge on any atom is -0.460 e. The fraction of sp³-hybridized carbons (Fsp3) is 0.360. The molecule has 0 bridgehead atoms. The van der Waals surface area contributed by atoms with Crippen molar-refractivity contribution in [2.24, 2.45) is 5.92 Å². The molecule has 2 heterocycles. The van der Waals surface area contributed by atoms with Gasteiger partial charge >= 0.3 is 5.97 Å². The van der Waals surface area contributed by atoms with Gasteiger partial charge in [-0.25, -0.2) is 9.97 Å². The van der Waals surface area contributed by atoms with E-state index < -0.39 is 11.9 Å². The van der Waals surface area contributed by atoms with Crippen LogP contribution >= 0.6 is 0 Å². The van der Waals surface area contributed by atoms with Crippen molar-refractivity contribution in [2.75, 3.05) is 18.0 Å². The van der Waals surface area contributed by atoms with E-state index in [-0.39, 0.29) is 6.61 Å². The van der Waals surface area contributed by atoms with Crippen LogP contribution in [0.25, 0.3) is 11.0 Å². The fourth-order valence-electron chi connectivity index (χ4n) is 4.02. The Hall–Kier alpha value is -3.46. The van der Waals surface area contributed by atoms with Crippen LogP contribution in [0, 0.1) is 17.2 Å². The van der Waals surface area contributed by atoms with E-state index >= 15 is 0 Å². The summed E-state index contributed by atoms with van der Waals surface area (Å²) < 4.78 is 5.48. The molecule has 158 valence electrons. The van der Waals surface area contributed by atoms with E-state index in [9.17, 15) is 10.1 Å². The van der Waals surface area contributed by atoms with Crippen molar-refractivity contribution in [3.05, 3.63) is 65.9 Å². The largest absolute Gasteiger partial charge is 0.460 e. The zero-order valence-corrected chi connectivity index (χ0v) is 17.7. The summed E-state index contributed by atoms with van der Waals surface area (Å²) in [5.74, 6) is -0.396. The van der Waals surface area contributed by atoms with Crippen molar-refractivity contribution >= 4 is 22.8 Å². The molecule has 1 aliphatic heterocycles. The lowest BCUT2D eigenvalue weighted by atomic mass is 9.94. The number of esters is 1. The molecule has 1 aliphatic rings. The Bertz CT molecular complexity index is 1090. The first-order valence-electron chi connectivity index (χ1n) is 10.8. The Labute approximate surface area is 182 Å². The molecule has 3 aromatic rings. The molecule has 1 fully saturated rings. The van der Waals surface area contributed by atoms with E-state index in [4.69, 9.17) is 14.7 Å². The van der Waals surface area contributed by atoms with Gasteiger partial charge in [-0.3, -0.25) is 4.79 Å². The van der Waals surface area contributed by atoms with Crippen LogP contribution in [0.4, 0.5) is 5.82 Å². The van der Waals surface area contributed by atoms with E-state index in [2.05, 4.69) is 17.9 Å². The lowest BCUT2D eigenvalue weighted by molar-refractivity contribution is -0.145. The summed E-state index contributed by atoms with van der Waals surface area (Å²) in [7, 11) is 0. The molecule has 6 heteroatoms. The van der Waals surface area contributed by atoms with Gasteiger partial charge in [-0.1, -0.05) is 55.8 Å². The van der Waals surface area contributed by atoms with Crippen LogP contribution in [-0.2, 0) is 16.1 Å². The molecule has 2 aromatic carbocycles. The lowest BCUT2D eigenvalue weighted by Crippen LogP contribution is -2.35. The van der Waals surface area contributed by atoms with Gasteiger partial charge in [0.1, 0.15) is 12.3 Å². The van der Waals surface area contributed by atoms with E-state index in [0.29, 0.717) is 22.9 Å². The summed E-state index contributed by atoms with van der Waals surface area (Å²) in [6.07, 6.45) is 3.30. The Morgan fingerprint density at radius 2 is 1.74 bits per heavy atom. The molecule has 6 nitrogen and oxygen atoms in total. The molecule has 1 unspecified atom stereocenters. The molecule has 0 spiro atoms. The van der Waals surface area contributed by atoms with Crippen LogP contribution in [0.1, 0.15) is 43.4 Å². The van der Waals surface area contributed by atoms with Gasteiger partial charge in [0, 0.05) is 13.1 Å². The molecule has 4 rings (SSSR count). The summed E-state index contributed by atoms with van der Waals surface area (Å²) in [5.41, 5.74) is 2.68. The molecule has 0 saturated carbocycles. The maximum absolute atomic E-state index is 12.9. The number of ether oxygens (including phenoxy) is 1. The summed E-state index contributed by atoms with van der Waals surface area (Å²) in [6.45, 7) is 4.03. The second-order valence-corrected chi connectivity index (χ2v) is 7.92. The third-order valence-electron chi connectivity index (χ3n) is 5.93. The van der Waals surface area contributed by atoms with Gasteiger partial charge in [0.05, 0.1) is 17.1 Å². The normalized spacial score (nSPS) is 15.4. The first-order chi connectivity index (χ1) is 15.2. The molecule has 0 amide bonds. The van der Waals surface area contributed by atoms with Gasteiger partial charge in [0.15, 0.2) is 11.7 Å². The smallest absolute Gasteiger partial charge is 0.330 e. The topological polar surface area (TPSA) is 79.1 Å². The molecule has 0 aliphatic carbocycles. The molecule has 0 N–H and O–H groups in total. The Balaban J connectivity index is 1.65. The van der Waals surface area contributed by atoms with Crippen molar-refractivity contribution in [3.63, 3.8) is 0 Å².